The molecule has 0 aliphatic carbocycles. The topological polar surface area (TPSA) is 35.6 Å². The SMILES string of the molecule is CC1(NC(=O)C2CCN(c3cccc(-c4ccc(F)cc4)c3)CC2)CN2CCC1CC2. The van der Waals surface area contributed by atoms with Crippen LogP contribution in [0.25, 0.3) is 11.1 Å². The van der Waals surface area contributed by atoms with Crippen molar-refractivity contribution in [2.45, 2.75) is 38.1 Å². The second-order valence-corrected chi connectivity index (χ2v) is 9.78. The van der Waals surface area contributed by atoms with Gasteiger partial charge in [-0.05, 0) is 87.0 Å². The monoisotopic (exact) mass is 421 g/mol. The molecule has 5 heteroatoms. The molecule has 0 radical (unpaired) electrons. The Labute approximate surface area is 184 Å². The van der Waals surface area contributed by atoms with Crippen molar-refractivity contribution in [2.75, 3.05) is 37.6 Å². The maximum atomic E-state index is 13.2. The van der Waals surface area contributed by atoms with E-state index >= 15 is 0 Å². The standard InChI is InChI=1S/C26H32FN3O/c1-26(18-29-13-11-22(26)12-14-29)28-25(31)20-9-15-30(16-10-20)24-4-2-3-21(17-24)19-5-7-23(27)8-6-19/h2-8,17,20,22H,9-16,18H2,1H3,(H,28,31). The molecule has 6 rings (SSSR count). The molecule has 31 heavy (non-hydrogen) atoms. The van der Waals surface area contributed by atoms with E-state index in [0.29, 0.717) is 5.92 Å². The van der Waals surface area contributed by atoms with Crippen molar-refractivity contribution in [3.8, 4) is 11.1 Å². The number of halogens is 1. The van der Waals surface area contributed by atoms with Gasteiger partial charge in [0.05, 0.1) is 5.54 Å². The highest BCUT2D eigenvalue weighted by atomic mass is 19.1. The van der Waals surface area contributed by atoms with Crippen LogP contribution in [-0.4, -0.2) is 49.1 Å². The maximum Gasteiger partial charge on any atom is 0.223 e. The van der Waals surface area contributed by atoms with Crippen molar-refractivity contribution < 1.29 is 9.18 Å². The summed E-state index contributed by atoms with van der Waals surface area (Å²) >= 11 is 0. The number of nitrogens with zero attached hydrogens (tertiary/aromatic N) is 2. The minimum absolute atomic E-state index is 0.0613. The predicted octanol–water partition coefficient (Wildman–Crippen LogP) is 4.31. The highest BCUT2D eigenvalue weighted by Crippen LogP contribution is 2.36. The third-order valence-corrected chi connectivity index (χ3v) is 7.70. The van der Waals surface area contributed by atoms with Crippen molar-refractivity contribution in [1.82, 2.24) is 10.2 Å². The van der Waals surface area contributed by atoms with Crippen LogP contribution in [0.1, 0.15) is 32.6 Å². The summed E-state index contributed by atoms with van der Waals surface area (Å²) in [5.74, 6) is 0.753. The highest BCUT2D eigenvalue weighted by molar-refractivity contribution is 5.80. The van der Waals surface area contributed by atoms with E-state index in [-0.39, 0.29) is 23.2 Å². The van der Waals surface area contributed by atoms with Crippen molar-refractivity contribution in [2.24, 2.45) is 11.8 Å². The van der Waals surface area contributed by atoms with Crippen LogP contribution in [0.15, 0.2) is 48.5 Å². The molecule has 4 nitrogen and oxygen atoms in total. The van der Waals surface area contributed by atoms with Crippen molar-refractivity contribution in [1.29, 1.82) is 0 Å². The third kappa shape index (κ3) is 4.20. The van der Waals surface area contributed by atoms with Gasteiger partial charge < -0.3 is 15.1 Å². The summed E-state index contributed by atoms with van der Waals surface area (Å²) in [4.78, 5) is 17.9. The van der Waals surface area contributed by atoms with Gasteiger partial charge in [-0.25, -0.2) is 4.39 Å². The molecule has 0 aromatic heterocycles. The molecule has 4 fully saturated rings. The Morgan fingerprint density at radius 2 is 1.68 bits per heavy atom. The van der Waals surface area contributed by atoms with Crippen LogP contribution in [0, 0.1) is 17.7 Å². The van der Waals surface area contributed by atoms with E-state index in [9.17, 15) is 9.18 Å². The van der Waals surface area contributed by atoms with Gasteiger partial charge in [0.2, 0.25) is 5.91 Å². The molecular formula is C26H32FN3O. The average Bonchev–Trinajstić information content (AvgIpc) is 2.80. The minimum Gasteiger partial charge on any atom is -0.371 e. The molecule has 1 amide bonds. The molecule has 4 heterocycles. The van der Waals surface area contributed by atoms with Crippen LogP contribution >= 0.6 is 0 Å². The van der Waals surface area contributed by atoms with Crippen molar-refractivity contribution >= 4 is 11.6 Å². The second-order valence-electron chi connectivity index (χ2n) is 9.78. The number of benzene rings is 2. The molecule has 164 valence electrons. The zero-order valence-electron chi connectivity index (χ0n) is 18.3. The summed E-state index contributed by atoms with van der Waals surface area (Å²) in [5.41, 5.74) is 3.22. The number of amides is 1. The smallest absolute Gasteiger partial charge is 0.223 e. The Morgan fingerprint density at radius 3 is 2.32 bits per heavy atom. The number of carbonyl (C=O) groups is 1. The van der Waals surface area contributed by atoms with E-state index in [1.54, 1.807) is 0 Å². The zero-order chi connectivity index (χ0) is 21.4. The number of hydrogen-bond acceptors (Lipinski definition) is 3. The zero-order valence-corrected chi connectivity index (χ0v) is 18.3. The number of hydrogen-bond donors (Lipinski definition) is 1. The Bertz CT molecular complexity index is 930. The second kappa shape index (κ2) is 8.27. The predicted molar refractivity (Wildman–Crippen MR) is 122 cm³/mol. The van der Waals surface area contributed by atoms with Gasteiger partial charge in [0.1, 0.15) is 5.82 Å². The first kappa shape index (κ1) is 20.5. The first-order valence-corrected chi connectivity index (χ1v) is 11.7. The van der Waals surface area contributed by atoms with E-state index < -0.39 is 0 Å². The lowest BCUT2D eigenvalue weighted by Gasteiger charge is -2.52. The average molecular weight is 422 g/mol. The van der Waals surface area contributed by atoms with Gasteiger partial charge in [0.15, 0.2) is 0 Å². The van der Waals surface area contributed by atoms with Gasteiger partial charge in [0, 0.05) is 31.2 Å². The van der Waals surface area contributed by atoms with Crippen LogP contribution in [0.2, 0.25) is 0 Å². The fraction of sp³-hybridized carbons (Fsp3) is 0.500. The van der Waals surface area contributed by atoms with Gasteiger partial charge >= 0.3 is 0 Å². The van der Waals surface area contributed by atoms with Gasteiger partial charge in [-0.1, -0.05) is 24.3 Å². The van der Waals surface area contributed by atoms with Crippen LogP contribution in [0.3, 0.4) is 0 Å². The number of fused-ring (bicyclic) bond motifs is 3. The normalized spacial score (nSPS) is 28.5. The van der Waals surface area contributed by atoms with Crippen LogP contribution in [-0.2, 0) is 4.79 Å². The molecule has 4 saturated heterocycles. The molecule has 1 unspecified atom stereocenters. The van der Waals surface area contributed by atoms with Crippen molar-refractivity contribution in [3.05, 3.63) is 54.3 Å². The number of nitrogens with one attached hydrogen (secondary N) is 1. The molecule has 1 atom stereocenters. The summed E-state index contributed by atoms with van der Waals surface area (Å²) in [6.07, 6.45) is 4.19. The van der Waals surface area contributed by atoms with Crippen molar-refractivity contribution in [3.63, 3.8) is 0 Å². The molecule has 4 aliphatic rings. The summed E-state index contributed by atoms with van der Waals surface area (Å²) in [6.45, 7) is 7.39. The first-order chi connectivity index (χ1) is 15.0. The van der Waals surface area contributed by atoms with E-state index in [1.165, 1.54) is 43.8 Å². The maximum absolute atomic E-state index is 13.2. The summed E-state index contributed by atoms with van der Waals surface area (Å²) < 4.78 is 13.2. The molecule has 2 aromatic carbocycles. The summed E-state index contributed by atoms with van der Waals surface area (Å²) in [7, 11) is 0. The highest BCUT2D eigenvalue weighted by Gasteiger charge is 2.45. The van der Waals surface area contributed by atoms with E-state index in [0.717, 1.165) is 43.6 Å². The van der Waals surface area contributed by atoms with Crippen LogP contribution in [0.4, 0.5) is 10.1 Å². The minimum atomic E-state index is -0.215. The molecule has 0 saturated carbocycles. The van der Waals surface area contributed by atoms with Crippen LogP contribution in [0.5, 0.6) is 0 Å². The summed E-state index contributed by atoms with van der Waals surface area (Å²) in [6, 6.07) is 15.1. The molecule has 4 aliphatic heterocycles. The first-order valence-electron chi connectivity index (χ1n) is 11.7. The molecule has 0 spiro atoms. The Kier molecular flexibility index (Phi) is 5.47. The number of rotatable bonds is 4. The molecule has 2 aromatic rings. The van der Waals surface area contributed by atoms with Gasteiger partial charge in [-0.2, -0.15) is 0 Å². The van der Waals surface area contributed by atoms with Gasteiger partial charge in [0.25, 0.3) is 0 Å². The molecule has 2 bridgehead atoms. The molecule has 1 N–H and O–H groups in total. The number of piperidine rings is 4. The fourth-order valence-corrected chi connectivity index (χ4v) is 5.77. The lowest BCUT2D eigenvalue weighted by atomic mass is 9.73. The Morgan fingerprint density at radius 1 is 0.968 bits per heavy atom. The van der Waals surface area contributed by atoms with E-state index in [4.69, 9.17) is 0 Å². The number of anilines is 1. The Hall–Kier alpha value is -2.40. The van der Waals surface area contributed by atoms with E-state index in [2.05, 4.69) is 46.3 Å². The number of carbonyl (C=O) groups excluding carboxylic acids is 1. The quantitative estimate of drug-likeness (QED) is 0.799. The largest absolute Gasteiger partial charge is 0.371 e. The summed E-state index contributed by atoms with van der Waals surface area (Å²) in [5, 5.41) is 3.46. The lowest BCUT2D eigenvalue weighted by molar-refractivity contribution is -0.130. The fourth-order valence-electron chi connectivity index (χ4n) is 5.77. The van der Waals surface area contributed by atoms with E-state index in [1.807, 2.05) is 12.1 Å². The lowest BCUT2D eigenvalue weighted by Crippen LogP contribution is -2.66. The molecular weight excluding hydrogens is 389 g/mol. The third-order valence-electron chi connectivity index (χ3n) is 7.70. The Balaban J connectivity index is 1.20. The van der Waals surface area contributed by atoms with Gasteiger partial charge in [-0.3, -0.25) is 4.79 Å². The van der Waals surface area contributed by atoms with Crippen LogP contribution < -0.4 is 10.2 Å². The van der Waals surface area contributed by atoms with Gasteiger partial charge in [-0.15, -0.1) is 0 Å².